The second-order valence-corrected chi connectivity index (χ2v) is 10.3. The second kappa shape index (κ2) is 10.6. The number of carbonyl (C=O) groups is 1. The number of carboxylic acids is 1. The zero-order chi connectivity index (χ0) is 26.7. The minimum absolute atomic E-state index is 0.0478. The van der Waals surface area contributed by atoms with E-state index in [1.54, 1.807) is 6.07 Å². The SMILES string of the molecule is CCCC(c1ccc(C)cc1)(c1ccc(C)cc1)c1cc(C(C)c2ccc(C)cc2)cc(C(=O)O)c1O. The molecule has 0 saturated heterocycles. The highest BCUT2D eigenvalue weighted by molar-refractivity contribution is 5.92. The molecule has 0 aliphatic rings. The molecule has 0 fully saturated rings. The molecule has 4 aromatic carbocycles. The highest BCUT2D eigenvalue weighted by atomic mass is 16.4. The van der Waals surface area contributed by atoms with Gasteiger partial charge in [-0.3, -0.25) is 0 Å². The van der Waals surface area contributed by atoms with Gasteiger partial charge in [-0.05, 0) is 55.5 Å². The first-order valence-corrected chi connectivity index (χ1v) is 13.0. The van der Waals surface area contributed by atoms with Gasteiger partial charge in [-0.15, -0.1) is 0 Å². The van der Waals surface area contributed by atoms with Gasteiger partial charge in [-0.2, -0.15) is 0 Å². The van der Waals surface area contributed by atoms with Crippen molar-refractivity contribution >= 4 is 5.97 Å². The molecule has 4 aromatic rings. The van der Waals surface area contributed by atoms with Crippen LogP contribution in [0.4, 0.5) is 0 Å². The van der Waals surface area contributed by atoms with Crippen molar-refractivity contribution in [1.29, 1.82) is 0 Å². The van der Waals surface area contributed by atoms with E-state index < -0.39 is 11.4 Å². The number of carboxylic acid groups (broad SMARTS) is 1. The molecule has 0 heterocycles. The maximum absolute atomic E-state index is 12.4. The van der Waals surface area contributed by atoms with Crippen LogP contribution in [-0.4, -0.2) is 16.2 Å². The van der Waals surface area contributed by atoms with Gasteiger partial charge in [0.1, 0.15) is 11.3 Å². The second-order valence-electron chi connectivity index (χ2n) is 10.3. The number of aryl methyl sites for hydroxylation is 3. The fraction of sp³-hybridized carbons (Fsp3) is 0.265. The van der Waals surface area contributed by atoms with Crippen LogP contribution >= 0.6 is 0 Å². The molecule has 0 bridgehead atoms. The molecule has 0 saturated carbocycles. The summed E-state index contributed by atoms with van der Waals surface area (Å²) in [4.78, 5) is 12.4. The Morgan fingerprint density at radius 1 is 0.757 bits per heavy atom. The molecule has 190 valence electrons. The van der Waals surface area contributed by atoms with Crippen molar-refractivity contribution in [2.24, 2.45) is 0 Å². The number of benzene rings is 4. The lowest BCUT2D eigenvalue weighted by Gasteiger charge is -2.37. The molecule has 0 amide bonds. The Balaban J connectivity index is 2.07. The summed E-state index contributed by atoms with van der Waals surface area (Å²) in [5.74, 6) is -1.34. The van der Waals surface area contributed by atoms with Crippen molar-refractivity contribution < 1.29 is 15.0 Å². The molecule has 0 spiro atoms. The van der Waals surface area contributed by atoms with Crippen LogP contribution in [-0.2, 0) is 5.41 Å². The van der Waals surface area contributed by atoms with Crippen molar-refractivity contribution in [3.05, 3.63) is 135 Å². The Bertz CT molecular complexity index is 1340. The van der Waals surface area contributed by atoms with E-state index in [0.717, 1.165) is 39.8 Å². The molecular formula is C34H36O3. The van der Waals surface area contributed by atoms with Crippen LogP contribution in [0.25, 0.3) is 0 Å². The summed E-state index contributed by atoms with van der Waals surface area (Å²) in [6, 6.07) is 28.8. The van der Waals surface area contributed by atoms with Gasteiger partial charge in [0, 0.05) is 16.9 Å². The van der Waals surface area contributed by atoms with Crippen LogP contribution in [0.1, 0.15) is 87.5 Å². The molecule has 3 heteroatoms. The Kier molecular flexibility index (Phi) is 7.54. The van der Waals surface area contributed by atoms with Crippen LogP contribution in [0.3, 0.4) is 0 Å². The average Bonchev–Trinajstić information content (AvgIpc) is 2.88. The molecule has 1 atom stereocenters. The van der Waals surface area contributed by atoms with Gasteiger partial charge in [0.15, 0.2) is 0 Å². The van der Waals surface area contributed by atoms with Crippen LogP contribution in [0.2, 0.25) is 0 Å². The summed E-state index contributed by atoms with van der Waals surface area (Å²) in [6.45, 7) is 10.4. The Labute approximate surface area is 220 Å². The first kappa shape index (κ1) is 26.2. The summed E-state index contributed by atoms with van der Waals surface area (Å²) < 4.78 is 0. The number of phenols is 1. The number of aromatic hydroxyl groups is 1. The Morgan fingerprint density at radius 3 is 1.65 bits per heavy atom. The number of hydrogen-bond donors (Lipinski definition) is 2. The van der Waals surface area contributed by atoms with Crippen LogP contribution in [0.15, 0.2) is 84.9 Å². The normalized spacial score (nSPS) is 12.4. The van der Waals surface area contributed by atoms with Crippen molar-refractivity contribution in [3.8, 4) is 5.75 Å². The van der Waals surface area contributed by atoms with Gasteiger partial charge in [0.2, 0.25) is 0 Å². The summed E-state index contributed by atoms with van der Waals surface area (Å²) in [6.07, 6.45) is 1.56. The van der Waals surface area contributed by atoms with Gasteiger partial charge in [0.05, 0.1) is 0 Å². The smallest absolute Gasteiger partial charge is 0.339 e. The van der Waals surface area contributed by atoms with E-state index in [0.29, 0.717) is 12.0 Å². The summed E-state index contributed by atoms with van der Waals surface area (Å²) in [5, 5.41) is 21.7. The summed E-state index contributed by atoms with van der Waals surface area (Å²) in [5.41, 5.74) is 7.38. The lowest BCUT2D eigenvalue weighted by Crippen LogP contribution is -2.30. The van der Waals surface area contributed by atoms with E-state index >= 15 is 0 Å². The van der Waals surface area contributed by atoms with Gasteiger partial charge in [0.25, 0.3) is 0 Å². The molecule has 37 heavy (non-hydrogen) atoms. The first-order chi connectivity index (χ1) is 17.7. The highest BCUT2D eigenvalue weighted by Crippen LogP contribution is 2.48. The van der Waals surface area contributed by atoms with E-state index in [-0.39, 0.29) is 17.2 Å². The number of rotatable bonds is 8. The van der Waals surface area contributed by atoms with E-state index in [9.17, 15) is 15.0 Å². The van der Waals surface area contributed by atoms with Gasteiger partial charge in [-0.1, -0.05) is 116 Å². The predicted octanol–water partition coefficient (Wildman–Crippen LogP) is 8.30. The van der Waals surface area contributed by atoms with Gasteiger partial charge in [-0.25, -0.2) is 4.79 Å². The largest absolute Gasteiger partial charge is 0.507 e. The lowest BCUT2D eigenvalue weighted by molar-refractivity contribution is 0.0693. The topological polar surface area (TPSA) is 57.5 Å². The van der Waals surface area contributed by atoms with E-state index in [1.165, 1.54) is 5.56 Å². The van der Waals surface area contributed by atoms with Crippen LogP contribution in [0, 0.1) is 20.8 Å². The Morgan fingerprint density at radius 2 is 1.22 bits per heavy atom. The van der Waals surface area contributed by atoms with Crippen molar-refractivity contribution in [3.63, 3.8) is 0 Å². The zero-order valence-corrected chi connectivity index (χ0v) is 22.4. The minimum Gasteiger partial charge on any atom is -0.507 e. The number of aromatic carboxylic acids is 1. The maximum atomic E-state index is 12.4. The molecule has 1 unspecified atom stereocenters. The Hall–Kier alpha value is -3.85. The van der Waals surface area contributed by atoms with E-state index in [2.05, 4.69) is 107 Å². The van der Waals surface area contributed by atoms with E-state index in [4.69, 9.17) is 0 Å². The molecule has 0 aliphatic carbocycles. The summed E-state index contributed by atoms with van der Waals surface area (Å²) >= 11 is 0. The summed E-state index contributed by atoms with van der Waals surface area (Å²) in [7, 11) is 0. The highest BCUT2D eigenvalue weighted by Gasteiger charge is 2.39. The quantitative estimate of drug-likeness (QED) is 0.243. The third-order valence-corrected chi connectivity index (χ3v) is 7.61. The van der Waals surface area contributed by atoms with E-state index in [1.807, 2.05) is 6.07 Å². The van der Waals surface area contributed by atoms with Crippen molar-refractivity contribution in [1.82, 2.24) is 0 Å². The standard InChI is InChI=1S/C34H36O3/c1-6-19-34(28-15-9-23(3)10-16-28,29-17-11-24(4)12-18-29)31-21-27(20-30(32(31)35)33(36)37)25(5)26-13-7-22(2)8-14-26/h7-18,20-21,25,35H,6,19H2,1-5H3,(H,36,37). The predicted molar refractivity (Wildman–Crippen MR) is 151 cm³/mol. The van der Waals surface area contributed by atoms with Crippen molar-refractivity contribution in [2.45, 2.75) is 58.8 Å². The molecule has 0 aromatic heterocycles. The fourth-order valence-corrected chi connectivity index (χ4v) is 5.39. The maximum Gasteiger partial charge on any atom is 0.339 e. The third-order valence-electron chi connectivity index (χ3n) is 7.61. The molecule has 0 radical (unpaired) electrons. The van der Waals surface area contributed by atoms with Gasteiger partial charge < -0.3 is 10.2 Å². The number of hydrogen-bond acceptors (Lipinski definition) is 2. The molecule has 4 rings (SSSR count). The molecule has 0 aliphatic heterocycles. The fourth-order valence-electron chi connectivity index (χ4n) is 5.39. The third kappa shape index (κ3) is 5.04. The van der Waals surface area contributed by atoms with Crippen LogP contribution in [0.5, 0.6) is 5.75 Å². The molecule has 2 N–H and O–H groups in total. The zero-order valence-electron chi connectivity index (χ0n) is 22.4. The molecule has 3 nitrogen and oxygen atoms in total. The monoisotopic (exact) mass is 492 g/mol. The molecular weight excluding hydrogens is 456 g/mol. The van der Waals surface area contributed by atoms with Gasteiger partial charge >= 0.3 is 5.97 Å². The first-order valence-electron chi connectivity index (χ1n) is 13.0. The van der Waals surface area contributed by atoms with Crippen molar-refractivity contribution in [2.75, 3.05) is 0 Å². The average molecular weight is 493 g/mol. The van der Waals surface area contributed by atoms with Crippen LogP contribution < -0.4 is 0 Å². The minimum atomic E-state index is -1.13. The lowest BCUT2D eigenvalue weighted by atomic mass is 9.65.